The van der Waals surface area contributed by atoms with Crippen LogP contribution in [0.1, 0.15) is 5.56 Å². The molecule has 0 amide bonds. The molecule has 6 nitrogen and oxygen atoms in total. The van der Waals surface area contributed by atoms with Crippen molar-refractivity contribution in [3.63, 3.8) is 0 Å². The Kier molecular flexibility index (Phi) is 5.87. The zero-order chi connectivity index (χ0) is 20.0. The molecule has 0 fully saturated rings. The first kappa shape index (κ1) is 19.6. The summed E-state index contributed by atoms with van der Waals surface area (Å²) < 4.78 is 43.3. The predicted molar refractivity (Wildman–Crippen MR) is 88.3 cm³/mol. The number of aromatic nitrogens is 1. The second-order valence-corrected chi connectivity index (χ2v) is 5.26. The van der Waals surface area contributed by atoms with Crippen LogP contribution in [0, 0.1) is 34.0 Å². The second kappa shape index (κ2) is 8.09. The number of allylic oxidation sites excluding steroid dienone is 2. The van der Waals surface area contributed by atoms with Gasteiger partial charge in [0.15, 0.2) is 5.57 Å². The number of ether oxygens (including phenoxy) is 1. The van der Waals surface area contributed by atoms with Gasteiger partial charge in [-0.3, -0.25) is 0 Å². The van der Waals surface area contributed by atoms with E-state index < -0.39 is 17.3 Å². The molecule has 1 heterocycles. The molecule has 2 rings (SSSR count). The molecule has 0 aliphatic rings. The van der Waals surface area contributed by atoms with E-state index in [2.05, 4.69) is 10.3 Å². The first-order chi connectivity index (χ1) is 12.8. The molecule has 1 aromatic carbocycles. The van der Waals surface area contributed by atoms with Gasteiger partial charge in [0.2, 0.25) is 5.88 Å². The zero-order valence-electron chi connectivity index (χ0n) is 13.2. The van der Waals surface area contributed by atoms with Crippen LogP contribution >= 0.6 is 11.6 Å². The number of pyridine rings is 1. The molecule has 1 N–H and O–H groups in total. The van der Waals surface area contributed by atoms with E-state index in [4.69, 9.17) is 32.1 Å². The Morgan fingerprint density at radius 2 is 1.81 bits per heavy atom. The lowest BCUT2D eigenvalue weighted by Crippen LogP contribution is -2.05. The molecular weight excluding hydrogens is 383 g/mol. The van der Waals surface area contributed by atoms with Crippen molar-refractivity contribution in [1.82, 2.24) is 4.98 Å². The molecule has 0 aliphatic heterocycles. The van der Waals surface area contributed by atoms with Crippen LogP contribution in [0.4, 0.5) is 18.9 Å². The van der Waals surface area contributed by atoms with Crippen LogP contribution in [-0.4, -0.2) is 4.98 Å². The molecule has 0 radical (unpaired) electrons. The van der Waals surface area contributed by atoms with Crippen LogP contribution in [0.25, 0.3) is 0 Å². The molecular formula is C17H7ClF3N5O. The summed E-state index contributed by atoms with van der Waals surface area (Å²) in [5.41, 5.74) is -1.38. The van der Waals surface area contributed by atoms with Crippen LogP contribution in [0.3, 0.4) is 0 Å². The average molecular weight is 390 g/mol. The van der Waals surface area contributed by atoms with Crippen LogP contribution in [0.2, 0.25) is 5.02 Å². The molecule has 0 saturated carbocycles. The Labute approximate surface area is 156 Å². The van der Waals surface area contributed by atoms with E-state index in [1.54, 1.807) is 18.2 Å². The summed E-state index contributed by atoms with van der Waals surface area (Å²) in [5, 5.41) is 28.9. The third kappa shape index (κ3) is 4.88. The van der Waals surface area contributed by atoms with Crippen LogP contribution in [0.5, 0.6) is 11.6 Å². The molecule has 27 heavy (non-hydrogen) atoms. The largest absolute Gasteiger partial charge is 0.437 e. The van der Waals surface area contributed by atoms with Gasteiger partial charge in [-0.15, -0.1) is 0 Å². The van der Waals surface area contributed by atoms with E-state index >= 15 is 0 Å². The first-order valence-electron chi connectivity index (χ1n) is 7.00. The Morgan fingerprint density at radius 3 is 2.37 bits per heavy atom. The summed E-state index contributed by atoms with van der Waals surface area (Å²) in [5.74, 6) is -0.0884. The highest BCUT2D eigenvalue weighted by molar-refractivity contribution is 6.31. The highest BCUT2D eigenvalue weighted by Gasteiger charge is 2.31. The number of rotatable bonds is 4. The highest BCUT2D eigenvalue weighted by atomic mass is 35.5. The normalized spacial score (nSPS) is 10.1. The van der Waals surface area contributed by atoms with E-state index in [1.165, 1.54) is 24.3 Å². The molecule has 134 valence electrons. The molecule has 10 heteroatoms. The Bertz CT molecular complexity index is 1010. The summed E-state index contributed by atoms with van der Waals surface area (Å²) in [6.45, 7) is 0. The van der Waals surface area contributed by atoms with Gasteiger partial charge in [0.1, 0.15) is 34.7 Å². The molecule has 1 aromatic heterocycles. The highest BCUT2D eigenvalue weighted by Crippen LogP contribution is 2.35. The number of nitrogens with one attached hydrogen (secondary N) is 1. The van der Waals surface area contributed by atoms with Gasteiger partial charge in [-0.2, -0.15) is 29.0 Å². The van der Waals surface area contributed by atoms with Gasteiger partial charge >= 0.3 is 6.18 Å². The molecule has 0 saturated heterocycles. The van der Waals surface area contributed by atoms with Gasteiger partial charge in [-0.05, 0) is 18.2 Å². The molecule has 0 spiro atoms. The Hall–Kier alpha value is -3.74. The summed E-state index contributed by atoms with van der Waals surface area (Å²) >= 11 is 5.79. The maximum absolute atomic E-state index is 12.6. The Morgan fingerprint density at radius 1 is 1.11 bits per heavy atom. The van der Waals surface area contributed by atoms with E-state index in [9.17, 15) is 13.2 Å². The minimum Gasteiger partial charge on any atom is -0.437 e. The number of hydrogen-bond donors (Lipinski definition) is 1. The number of anilines is 1. The molecule has 0 bridgehead atoms. The molecule has 0 atom stereocenters. The summed E-state index contributed by atoms with van der Waals surface area (Å²) in [6.07, 6.45) is -4.00. The molecule has 2 aromatic rings. The fraction of sp³-hybridized carbons (Fsp3) is 0.0588. The van der Waals surface area contributed by atoms with E-state index in [1.807, 2.05) is 0 Å². The van der Waals surface area contributed by atoms with Crippen molar-refractivity contribution in [3.8, 4) is 29.8 Å². The standard InChI is InChI=1S/C17H7ClF3N5O/c18-14-4-11(17(19,20)21)9-25-16(14)27-13-3-1-2-12(5-13)26-15(8-24)10(6-22)7-23/h1-5,9,26H. The number of hydrogen-bond acceptors (Lipinski definition) is 6. The fourth-order valence-corrected chi connectivity index (χ4v) is 2.04. The van der Waals surface area contributed by atoms with E-state index in [-0.39, 0.29) is 22.3 Å². The summed E-state index contributed by atoms with van der Waals surface area (Å²) in [6, 6.07) is 11.5. The average Bonchev–Trinajstić information content (AvgIpc) is 2.63. The van der Waals surface area contributed by atoms with E-state index in [0.717, 1.165) is 0 Å². The van der Waals surface area contributed by atoms with Crippen LogP contribution in [-0.2, 0) is 6.18 Å². The second-order valence-electron chi connectivity index (χ2n) is 4.85. The van der Waals surface area contributed by atoms with Crippen molar-refractivity contribution in [2.75, 3.05) is 5.32 Å². The number of benzene rings is 1. The number of halogens is 4. The van der Waals surface area contributed by atoms with Gasteiger partial charge in [0.05, 0.1) is 5.56 Å². The maximum Gasteiger partial charge on any atom is 0.417 e. The van der Waals surface area contributed by atoms with Gasteiger partial charge < -0.3 is 10.1 Å². The maximum atomic E-state index is 12.6. The van der Waals surface area contributed by atoms with E-state index in [0.29, 0.717) is 18.0 Å². The lowest BCUT2D eigenvalue weighted by molar-refractivity contribution is -0.137. The quantitative estimate of drug-likeness (QED) is 0.754. The van der Waals surface area contributed by atoms with Crippen molar-refractivity contribution in [2.45, 2.75) is 6.18 Å². The topological polar surface area (TPSA) is 106 Å². The lowest BCUT2D eigenvalue weighted by atomic mass is 10.2. The number of alkyl halides is 3. The van der Waals surface area contributed by atoms with Gasteiger partial charge in [0.25, 0.3) is 0 Å². The molecule has 0 unspecified atom stereocenters. The monoisotopic (exact) mass is 389 g/mol. The van der Waals surface area contributed by atoms with Crippen molar-refractivity contribution >= 4 is 17.3 Å². The number of nitriles is 3. The lowest BCUT2D eigenvalue weighted by Gasteiger charge is -2.11. The third-order valence-electron chi connectivity index (χ3n) is 3.04. The smallest absolute Gasteiger partial charge is 0.417 e. The Balaban J connectivity index is 2.27. The fourth-order valence-electron chi connectivity index (χ4n) is 1.83. The third-order valence-corrected chi connectivity index (χ3v) is 3.31. The van der Waals surface area contributed by atoms with Crippen molar-refractivity contribution in [1.29, 1.82) is 15.8 Å². The minimum absolute atomic E-state index is 0.155. The van der Waals surface area contributed by atoms with Crippen molar-refractivity contribution in [2.24, 2.45) is 0 Å². The summed E-state index contributed by atoms with van der Waals surface area (Å²) in [4.78, 5) is 3.56. The summed E-state index contributed by atoms with van der Waals surface area (Å²) in [7, 11) is 0. The van der Waals surface area contributed by atoms with Gasteiger partial charge in [0, 0.05) is 18.0 Å². The minimum atomic E-state index is -4.59. The van der Waals surface area contributed by atoms with Crippen LogP contribution < -0.4 is 10.1 Å². The van der Waals surface area contributed by atoms with Crippen LogP contribution in [0.15, 0.2) is 47.8 Å². The van der Waals surface area contributed by atoms with Crippen molar-refractivity contribution in [3.05, 3.63) is 58.4 Å². The van der Waals surface area contributed by atoms with Gasteiger partial charge in [-0.1, -0.05) is 17.7 Å². The van der Waals surface area contributed by atoms with Crippen molar-refractivity contribution < 1.29 is 17.9 Å². The zero-order valence-corrected chi connectivity index (χ0v) is 13.9. The first-order valence-corrected chi connectivity index (χ1v) is 7.38. The van der Waals surface area contributed by atoms with Gasteiger partial charge in [-0.25, -0.2) is 4.98 Å². The SMILES string of the molecule is N#CC(C#N)=C(C#N)Nc1cccc(Oc2ncc(C(F)(F)F)cc2Cl)c1. The molecule has 0 aliphatic carbocycles. The number of nitrogens with zero attached hydrogens (tertiary/aromatic N) is 4. The predicted octanol–water partition coefficient (Wildman–Crippen LogP) is 4.78.